The van der Waals surface area contributed by atoms with Gasteiger partial charge in [-0.3, -0.25) is 9.59 Å². The van der Waals surface area contributed by atoms with Crippen LogP contribution in [0.15, 0.2) is 0 Å². The van der Waals surface area contributed by atoms with E-state index in [1.165, 1.54) is 32.1 Å². The van der Waals surface area contributed by atoms with Gasteiger partial charge in [0.15, 0.2) is 6.61 Å². The van der Waals surface area contributed by atoms with Crippen LogP contribution in [-0.2, 0) is 14.3 Å². The highest BCUT2D eigenvalue weighted by atomic mass is 79.9. The summed E-state index contributed by atoms with van der Waals surface area (Å²) in [7, 11) is 0. The SMILES string of the molecule is O=C(COC(=O)CC12C[C@@H]3C[C@H](CC(Br)(C3)C1)C2)NC1CC1. The van der Waals surface area contributed by atoms with Crippen molar-refractivity contribution in [2.24, 2.45) is 17.3 Å². The van der Waals surface area contributed by atoms with Gasteiger partial charge in [-0.1, -0.05) is 15.9 Å². The molecule has 5 aliphatic carbocycles. The second kappa shape index (κ2) is 5.22. The number of carbonyl (C=O) groups is 2. The Bertz CT molecular complexity index is 488. The number of nitrogens with one attached hydrogen (secondary N) is 1. The number of amides is 1. The standard InChI is InChI=1S/C17H24BrNO3/c18-17-6-11-3-12(7-17)5-16(4-11,10-17)8-15(21)22-9-14(20)19-13-1-2-13/h11-13H,1-10H2,(H,19,20)/t11-,12-,16?,17?/m0/s1. The van der Waals surface area contributed by atoms with E-state index in [1.807, 2.05) is 0 Å². The summed E-state index contributed by atoms with van der Waals surface area (Å²) in [6.07, 6.45) is 9.90. The van der Waals surface area contributed by atoms with Gasteiger partial charge in [-0.2, -0.15) is 0 Å². The topological polar surface area (TPSA) is 55.4 Å². The van der Waals surface area contributed by atoms with Crippen molar-refractivity contribution in [2.45, 2.75) is 68.2 Å². The Morgan fingerprint density at radius 1 is 1.14 bits per heavy atom. The monoisotopic (exact) mass is 369 g/mol. The Labute approximate surface area is 139 Å². The average molecular weight is 370 g/mol. The number of rotatable bonds is 5. The van der Waals surface area contributed by atoms with E-state index in [-0.39, 0.29) is 28.2 Å². The zero-order valence-electron chi connectivity index (χ0n) is 12.9. The molecule has 0 aliphatic heterocycles. The van der Waals surface area contributed by atoms with Crippen molar-refractivity contribution in [3.05, 3.63) is 0 Å². The van der Waals surface area contributed by atoms with Crippen molar-refractivity contribution in [3.8, 4) is 0 Å². The van der Waals surface area contributed by atoms with E-state index in [2.05, 4.69) is 21.2 Å². The fraction of sp³-hybridized carbons (Fsp3) is 0.882. The molecule has 5 heteroatoms. The minimum Gasteiger partial charge on any atom is -0.456 e. The fourth-order valence-electron chi connectivity index (χ4n) is 5.54. The van der Waals surface area contributed by atoms with Crippen molar-refractivity contribution >= 4 is 27.8 Å². The maximum atomic E-state index is 12.2. The van der Waals surface area contributed by atoms with Crippen LogP contribution in [0, 0.1) is 17.3 Å². The summed E-state index contributed by atoms with van der Waals surface area (Å²) in [4.78, 5) is 23.8. The molecule has 1 N–H and O–H groups in total. The molecule has 4 nitrogen and oxygen atoms in total. The summed E-state index contributed by atoms with van der Waals surface area (Å²) < 4.78 is 5.50. The van der Waals surface area contributed by atoms with E-state index >= 15 is 0 Å². The lowest BCUT2D eigenvalue weighted by Gasteiger charge is -2.60. The van der Waals surface area contributed by atoms with Crippen LogP contribution in [0.3, 0.4) is 0 Å². The molecule has 1 amide bonds. The van der Waals surface area contributed by atoms with Gasteiger partial charge in [0.2, 0.25) is 0 Å². The molecule has 22 heavy (non-hydrogen) atoms. The number of alkyl halides is 1. The van der Waals surface area contributed by atoms with E-state index in [4.69, 9.17) is 4.74 Å². The summed E-state index contributed by atoms with van der Waals surface area (Å²) in [5.41, 5.74) is 0.123. The Morgan fingerprint density at radius 2 is 1.82 bits per heavy atom. The molecule has 5 fully saturated rings. The van der Waals surface area contributed by atoms with Gasteiger partial charge in [-0.05, 0) is 68.6 Å². The molecule has 0 saturated heterocycles. The van der Waals surface area contributed by atoms with Crippen LogP contribution < -0.4 is 5.32 Å². The van der Waals surface area contributed by atoms with Gasteiger partial charge in [-0.15, -0.1) is 0 Å². The number of carbonyl (C=O) groups excluding carboxylic acids is 2. The van der Waals surface area contributed by atoms with E-state index in [0.717, 1.165) is 31.1 Å². The number of halogens is 1. The predicted octanol–water partition coefficient (Wildman–Crippen LogP) is 2.93. The van der Waals surface area contributed by atoms with Crippen molar-refractivity contribution in [2.75, 3.05) is 6.61 Å². The Morgan fingerprint density at radius 3 is 2.41 bits per heavy atom. The zero-order valence-corrected chi connectivity index (χ0v) is 14.5. The normalized spacial score (nSPS) is 42.2. The lowest BCUT2D eigenvalue weighted by Crippen LogP contribution is -2.53. The van der Waals surface area contributed by atoms with Crippen molar-refractivity contribution < 1.29 is 14.3 Å². The number of hydrogen-bond donors (Lipinski definition) is 1. The first-order valence-corrected chi connectivity index (χ1v) is 9.37. The van der Waals surface area contributed by atoms with E-state index < -0.39 is 0 Å². The lowest BCUT2D eigenvalue weighted by atomic mass is 9.49. The Balaban J connectivity index is 1.32. The quantitative estimate of drug-likeness (QED) is 0.598. The minimum absolute atomic E-state index is 0.113. The van der Waals surface area contributed by atoms with Gasteiger partial charge >= 0.3 is 5.97 Å². The van der Waals surface area contributed by atoms with Crippen LogP contribution in [0.4, 0.5) is 0 Å². The third kappa shape index (κ3) is 3.06. The molecule has 0 unspecified atom stereocenters. The molecule has 122 valence electrons. The van der Waals surface area contributed by atoms with Gasteiger partial charge in [0.25, 0.3) is 5.91 Å². The van der Waals surface area contributed by atoms with Gasteiger partial charge in [-0.25, -0.2) is 0 Å². The van der Waals surface area contributed by atoms with Crippen LogP contribution in [0.2, 0.25) is 0 Å². The molecule has 0 aromatic rings. The van der Waals surface area contributed by atoms with Crippen LogP contribution >= 0.6 is 15.9 Å². The van der Waals surface area contributed by atoms with Crippen LogP contribution in [-0.4, -0.2) is 28.8 Å². The Hall–Kier alpha value is -0.580. The van der Waals surface area contributed by atoms with Crippen molar-refractivity contribution in [3.63, 3.8) is 0 Å². The first kappa shape index (κ1) is 15.0. The molecule has 4 bridgehead atoms. The smallest absolute Gasteiger partial charge is 0.306 e. The molecule has 0 aromatic carbocycles. The van der Waals surface area contributed by atoms with Gasteiger partial charge < -0.3 is 10.1 Å². The first-order valence-electron chi connectivity index (χ1n) is 8.58. The van der Waals surface area contributed by atoms with Crippen LogP contribution in [0.25, 0.3) is 0 Å². The molecule has 5 aliphatic rings. The highest BCUT2D eigenvalue weighted by Gasteiger charge is 2.57. The molecular weight excluding hydrogens is 346 g/mol. The van der Waals surface area contributed by atoms with Crippen LogP contribution in [0.5, 0.6) is 0 Å². The van der Waals surface area contributed by atoms with E-state index in [1.54, 1.807) is 0 Å². The minimum atomic E-state index is -0.191. The highest BCUT2D eigenvalue weighted by molar-refractivity contribution is 9.10. The van der Waals surface area contributed by atoms with Crippen LogP contribution in [0.1, 0.15) is 57.8 Å². The van der Waals surface area contributed by atoms with Gasteiger partial charge in [0, 0.05) is 10.4 Å². The predicted molar refractivity (Wildman–Crippen MR) is 85.5 cm³/mol. The molecule has 0 heterocycles. The molecule has 5 rings (SSSR count). The fourth-order valence-corrected chi connectivity index (χ4v) is 7.05. The second-order valence-corrected chi connectivity index (χ2v) is 9.97. The molecule has 0 aromatic heterocycles. The van der Waals surface area contributed by atoms with Gasteiger partial charge in [0.05, 0.1) is 6.42 Å². The lowest BCUT2D eigenvalue weighted by molar-refractivity contribution is -0.154. The third-order valence-electron chi connectivity index (χ3n) is 5.94. The molecular formula is C17H24BrNO3. The summed E-state index contributed by atoms with van der Waals surface area (Å²) in [5.74, 6) is 1.19. The molecule has 0 spiro atoms. The van der Waals surface area contributed by atoms with Crippen molar-refractivity contribution in [1.29, 1.82) is 0 Å². The van der Waals surface area contributed by atoms with E-state index in [0.29, 0.717) is 12.5 Å². The highest BCUT2D eigenvalue weighted by Crippen LogP contribution is 2.65. The second-order valence-electron chi connectivity index (χ2n) is 8.29. The summed E-state index contributed by atoms with van der Waals surface area (Å²) in [5, 5.41) is 2.85. The summed E-state index contributed by atoms with van der Waals surface area (Å²) >= 11 is 3.96. The largest absolute Gasteiger partial charge is 0.456 e. The van der Waals surface area contributed by atoms with Gasteiger partial charge in [0.1, 0.15) is 0 Å². The average Bonchev–Trinajstić information content (AvgIpc) is 3.16. The maximum Gasteiger partial charge on any atom is 0.306 e. The summed E-state index contributed by atoms with van der Waals surface area (Å²) in [6, 6.07) is 0.322. The number of hydrogen-bond acceptors (Lipinski definition) is 3. The first-order chi connectivity index (χ1) is 10.4. The molecule has 0 radical (unpaired) electrons. The number of esters is 1. The third-order valence-corrected chi connectivity index (χ3v) is 6.86. The number of ether oxygens (including phenoxy) is 1. The maximum absolute atomic E-state index is 12.2. The van der Waals surface area contributed by atoms with E-state index in [9.17, 15) is 9.59 Å². The Kier molecular flexibility index (Phi) is 3.55. The van der Waals surface area contributed by atoms with Crippen molar-refractivity contribution in [1.82, 2.24) is 5.32 Å². The molecule has 5 saturated carbocycles. The molecule has 2 atom stereocenters. The summed E-state index contributed by atoms with van der Waals surface area (Å²) in [6.45, 7) is -0.113. The zero-order chi connectivity index (χ0) is 15.4.